The highest BCUT2D eigenvalue weighted by molar-refractivity contribution is 6.34. The first-order valence-corrected chi connectivity index (χ1v) is 6.76. The van der Waals surface area contributed by atoms with E-state index >= 15 is 0 Å². The molecule has 4 heteroatoms. The first kappa shape index (κ1) is 14.2. The lowest BCUT2D eigenvalue weighted by Gasteiger charge is -2.15. The van der Waals surface area contributed by atoms with Crippen LogP contribution in [0.15, 0.2) is 42.5 Å². The average molecular weight is 297 g/mol. The van der Waals surface area contributed by atoms with Gasteiger partial charge in [0.05, 0.1) is 6.10 Å². The second-order valence-corrected chi connectivity index (χ2v) is 5.04. The fourth-order valence-corrected chi connectivity index (χ4v) is 2.29. The maximum atomic E-state index is 9.97. The molecule has 1 atom stereocenters. The molecule has 100 valence electrons. The van der Waals surface area contributed by atoms with E-state index in [9.17, 15) is 5.11 Å². The number of para-hydroxylation sites is 1. The molecule has 0 aliphatic carbocycles. The number of benzene rings is 2. The van der Waals surface area contributed by atoms with Crippen molar-refractivity contribution >= 4 is 23.2 Å². The fraction of sp³-hybridized carbons (Fsp3) is 0.200. The minimum atomic E-state index is -0.550. The second kappa shape index (κ2) is 6.29. The Morgan fingerprint density at radius 3 is 2.37 bits per heavy atom. The summed E-state index contributed by atoms with van der Waals surface area (Å²) in [5.74, 6) is 1.16. The van der Waals surface area contributed by atoms with E-state index in [2.05, 4.69) is 0 Å². The maximum Gasteiger partial charge on any atom is 0.133 e. The van der Waals surface area contributed by atoms with Gasteiger partial charge in [-0.15, -0.1) is 0 Å². The molecule has 0 bridgehead atoms. The first-order chi connectivity index (χ1) is 9.10. The Morgan fingerprint density at radius 1 is 1.11 bits per heavy atom. The summed E-state index contributed by atoms with van der Waals surface area (Å²) < 4.78 is 5.77. The zero-order valence-corrected chi connectivity index (χ0v) is 11.9. The summed E-state index contributed by atoms with van der Waals surface area (Å²) in [6, 6.07) is 12.4. The molecule has 0 saturated heterocycles. The smallest absolute Gasteiger partial charge is 0.133 e. The SMILES string of the molecule is CC[C@H](O)c1ccccc1Oc1cc(Cl)cc(Cl)c1. The molecule has 0 aliphatic rings. The largest absolute Gasteiger partial charge is 0.457 e. The van der Waals surface area contributed by atoms with E-state index in [0.717, 1.165) is 5.56 Å². The highest BCUT2D eigenvalue weighted by Crippen LogP contribution is 2.33. The molecule has 2 rings (SSSR count). The quantitative estimate of drug-likeness (QED) is 0.837. The van der Waals surface area contributed by atoms with E-state index in [4.69, 9.17) is 27.9 Å². The Hall–Kier alpha value is -1.22. The van der Waals surface area contributed by atoms with Gasteiger partial charge in [-0.3, -0.25) is 0 Å². The molecule has 0 radical (unpaired) electrons. The predicted molar refractivity (Wildman–Crippen MR) is 78.2 cm³/mol. The molecule has 0 saturated carbocycles. The summed E-state index contributed by atoms with van der Waals surface area (Å²) in [5, 5.41) is 11.0. The van der Waals surface area contributed by atoms with Crippen LogP contribution in [0.3, 0.4) is 0 Å². The zero-order valence-electron chi connectivity index (χ0n) is 10.4. The van der Waals surface area contributed by atoms with Crippen molar-refractivity contribution in [2.24, 2.45) is 0 Å². The van der Waals surface area contributed by atoms with E-state index in [-0.39, 0.29) is 0 Å². The van der Waals surface area contributed by atoms with Gasteiger partial charge in [0.2, 0.25) is 0 Å². The molecule has 0 unspecified atom stereocenters. The Balaban J connectivity index is 2.32. The summed E-state index contributed by atoms with van der Waals surface area (Å²) in [6.07, 6.45) is 0.0716. The number of aliphatic hydroxyl groups excluding tert-OH is 1. The molecule has 2 aromatic rings. The number of rotatable bonds is 4. The summed E-state index contributed by atoms with van der Waals surface area (Å²) >= 11 is 11.9. The second-order valence-electron chi connectivity index (χ2n) is 4.17. The van der Waals surface area contributed by atoms with Crippen LogP contribution >= 0.6 is 23.2 Å². The van der Waals surface area contributed by atoms with Crippen molar-refractivity contribution in [2.45, 2.75) is 19.4 Å². The van der Waals surface area contributed by atoms with Crippen molar-refractivity contribution in [2.75, 3.05) is 0 Å². The van der Waals surface area contributed by atoms with Gasteiger partial charge in [-0.2, -0.15) is 0 Å². The Kier molecular flexibility index (Phi) is 4.70. The molecule has 0 aromatic heterocycles. The molecule has 0 amide bonds. The van der Waals surface area contributed by atoms with Crippen molar-refractivity contribution in [1.82, 2.24) is 0 Å². The third-order valence-electron chi connectivity index (χ3n) is 2.73. The van der Waals surface area contributed by atoms with Crippen LogP contribution in [-0.4, -0.2) is 5.11 Å². The lowest BCUT2D eigenvalue weighted by molar-refractivity contribution is 0.170. The van der Waals surface area contributed by atoms with Crippen molar-refractivity contribution in [1.29, 1.82) is 0 Å². The van der Waals surface area contributed by atoms with Crippen LogP contribution in [0.2, 0.25) is 10.0 Å². The molecule has 2 nitrogen and oxygen atoms in total. The molecule has 1 N–H and O–H groups in total. The Labute approximate surface area is 122 Å². The standard InChI is InChI=1S/C15H14Cl2O2/c1-2-14(18)13-5-3-4-6-15(13)19-12-8-10(16)7-11(17)9-12/h3-9,14,18H,2H2,1H3/t14-/m0/s1. The van der Waals surface area contributed by atoms with Gasteiger partial charge < -0.3 is 9.84 Å². The van der Waals surface area contributed by atoms with Crippen LogP contribution in [0, 0.1) is 0 Å². The summed E-state index contributed by atoms with van der Waals surface area (Å²) in [6.45, 7) is 1.91. The minimum Gasteiger partial charge on any atom is -0.457 e. The van der Waals surface area contributed by atoms with Gasteiger partial charge in [0.1, 0.15) is 11.5 Å². The van der Waals surface area contributed by atoms with E-state index < -0.39 is 6.10 Å². The number of ether oxygens (including phenoxy) is 1. The minimum absolute atomic E-state index is 0.510. The van der Waals surface area contributed by atoms with E-state index in [1.807, 2.05) is 31.2 Å². The normalized spacial score (nSPS) is 12.2. The van der Waals surface area contributed by atoms with Gasteiger partial charge in [-0.25, -0.2) is 0 Å². The lowest BCUT2D eigenvalue weighted by atomic mass is 10.1. The lowest BCUT2D eigenvalue weighted by Crippen LogP contribution is -1.98. The van der Waals surface area contributed by atoms with Crippen LogP contribution in [0.25, 0.3) is 0 Å². The topological polar surface area (TPSA) is 29.5 Å². The monoisotopic (exact) mass is 296 g/mol. The molecule has 2 aromatic carbocycles. The van der Waals surface area contributed by atoms with Crippen LogP contribution in [0.1, 0.15) is 25.0 Å². The third kappa shape index (κ3) is 3.63. The van der Waals surface area contributed by atoms with Gasteiger partial charge >= 0.3 is 0 Å². The van der Waals surface area contributed by atoms with Crippen molar-refractivity contribution < 1.29 is 9.84 Å². The van der Waals surface area contributed by atoms with Crippen molar-refractivity contribution in [3.05, 3.63) is 58.1 Å². The molecular weight excluding hydrogens is 283 g/mol. The summed E-state index contributed by atoms with van der Waals surface area (Å²) in [4.78, 5) is 0. The van der Waals surface area contributed by atoms with Gasteiger partial charge in [0, 0.05) is 15.6 Å². The summed E-state index contributed by atoms with van der Waals surface area (Å²) in [5.41, 5.74) is 0.751. The molecular formula is C15H14Cl2O2. The molecule has 0 heterocycles. The van der Waals surface area contributed by atoms with Gasteiger partial charge in [0.15, 0.2) is 0 Å². The van der Waals surface area contributed by atoms with E-state index in [1.165, 1.54) is 0 Å². The Morgan fingerprint density at radius 2 is 1.74 bits per heavy atom. The average Bonchev–Trinajstić information content (AvgIpc) is 2.37. The summed E-state index contributed by atoms with van der Waals surface area (Å²) in [7, 11) is 0. The molecule has 0 aliphatic heterocycles. The van der Waals surface area contributed by atoms with E-state index in [1.54, 1.807) is 18.2 Å². The third-order valence-corrected chi connectivity index (χ3v) is 3.17. The number of halogens is 2. The van der Waals surface area contributed by atoms with Gasteiger partial charge in [-0.1, -0.05) is 48.3 Å². The maximum absolute atomic E-state index is 9.97. The van der Waals surface area contributed by atoms with Crippen molar-refractivity contribution in [3.63, 3.8) is 0 Å². The number of hydrogen-bond acceptors (Lipinski definition) is 2. The zero-order chi connectivity index (χ0) is 13.8. The van der Waals surface area contributed by atoms with Crippen LogP contribution in [0.5, 0.6) is 11.5 Å². The highest BCUT2D eigenvalue weighted by atomic mass is 35.5. The molecule has 19 heavy (non-hydrogen) atoms. The molecule has 0 spiro atoms. The van der Waals surface area contributed by atoms with Gasteiger partial charge in [0.25, 0.3) is 0 Å². The van der Waals surface area contributed by atoms with Crippen molar-refractivity contribution in [3.8, 4) is 11.5 Å². The number of hydrogen-bond donors (Lipinski definition) is 1. The van der Waals surface area contributed by atoms with Gasteiger partial charge in [-0.05, 0) is 30.7 Å². The molecule has 0 fully saturated rings. The van der Waals surface area contributed by atoms with Crippen LogP contribution in [0.4, 0.5) is 0 Å². The first-order valence-electron chi connectivity index (χ1n) is 6.01. The van der Waals surface area contributed by atoms with E-state index in [0.29, 0.717) is 28.0 Å². The Bertz CT molecular complexity index is 550. The number of aliphatic hydroxyl groups is 1. The fourth-order valence-electron chi connectivity index (χ4n) is 1.78. The van der Waals surface area contributed by atoms with Crippen LogP contribution in [-0.2, 0) is 0 Å². The highest BCUT2D eigenvalue weighted by Gasteiger charge is 2.12. The predicted octanol–water partition coefficient (Wildman–Crippen LogP) is 5.23. The van der Waals surface area contributed by atoms with Crippen LogP contribution < -0.4 is 4.74 Å².